The first-order valence-corrected chi connectivity index (χ1v) is 7.49. The molecule has 21 heavy (non-hydrogen) atoms. The maximum atomic E-state index is 11.7. The Labute approximate surface area is 125 Å². The second-order valence-corrected chi connectivity index (χ2v) is 7.45. The van der Waals surface area contributed by atoms with E-state index in [4.69, 9.17) is 4.74 Å². The van der Waals surface area contributed by atoms with Crippen LogP contribution < -0.4 is 0 Å². The second-order valence-electron chi connectivity index (χ2n) is 7.45. The molecule has 0 amide bonds. The number of esters is 1. The minimum Gasteiger partial charge on any atom is -0.462 e. The summed E-state index contributed by atoms with van der Waals surface area (Å²) >= 11 is 0. The zero-order valence-corrected chi connectivity index (χ0v) is 13.4. The topological polar surface area (TPSA) is 60.4 Å². The number of allylic oxidation sites excluding steroid dienone is 1. The lowest BCUT2D eigenvalue weighted by Gasteiger charge is -2.40. The highest BCUT2D eigenvalue weighted by molar-refractivity contribution is 5.81. The Morgan fingerprint density at radius 2 is 1.90 bits per heavy atom. The molecule has 116 valence electrons. The van der Waals surface area contributed by atoms with Crippen molar-refractivity contribution in [3.63, 3.8) is 0 Å². The van der Waals surface area contributed by atoms with Crippen LogP contribution in [0.15, 0.2) is 11.1 Å². The van der Waals surface area contributed by atoms with E-state index in [9.17, 15) is 14.4 Å². The van der Waals surface area contributed by atoms with Crippen LogP contribution in [0.25, 0.3) is 0 Å². The zero-order valence-electron chi connectivity index (χ0n) is 13.4. The van der Waals surface area contributed by atoms with Crippen molar-refractivity contribution < 1.29 is 19.1 Å². The van der Waals surface area contributed by atoms with Crippen LogP contribution in [0, 0.1) is 22.7 Å². The summed E-state index contributed by atoms with van der Waals surface area (Å²) in [7, 11) is 0. The van der Waals surface area contributed by atoms with Gasteiger partial charge in [-0.2, -0.15) is 0 Å². The molecule has 0 bridgehead atoms. The van der Waals surface area contributed by atoms with E-state index in [-0.39, 0.29) is 29.3 Å². The summed E-state index contributed by atoms with van der Waals surface area (Å²) in [6, 6.07) is 0. The van der Waals surface area contributed by atoms with Gasteiger partial charge in [-0.3, -0.25) is 9.59 Å². The zero-order chi connectivity index (χ0) is 16.0. The van der Waals surface area contributed by atoms with Crippen molar-refractivity contribution in [2.24, 2.45) is 22.7 Å². The largest absolute Gasteiger partial charge is 0.462 e. The molecular formula is C17H24O4. The van der Waals surface area contributed by atoms with E-state index in [1.54, 1.807) is 0 Å². The van der Waals surface area contributed by atoms with Gasteiger partial charge in [-0.15, -0.1) is 0 Å². The molecule has 4 nitrogen and oxygen atoms in total. The molecule has 0 N–H and O–H groups in total. The van der Waals surface area contributed by atoms with Crippen LogP contribution in [-0.2, 0) is 19.1 Å². The number of ether oxygens (including phenoxy) is 1. The van der Waals surface area contributed by atoms with Gasteiger partial charge in [-0.25, -0.2) is 0 Å². The maximum absolute atomic E-state index is 11.7. The summed E-state index contributed by atoms with van der Waals surface area (Å²) in [6.45, 7) is 9.43. The molecule has 0 unspecified atom stereocenters. The quantitative estimate of drug-likeness (QED) is 0.593. The van der Waals surface area contributed by atoms with Gasteiger partial charge >= 0.3 is 5.97 Å². The smallest absolute Gasteiger partial charge is 0.302 e. The Hall–Kier alpha value is -1.45. The van der Waals surface area contributed by atoms with Crippen molar-refractivity contribution in [2.75, 3.05) is 0 Å². The standard InChI is InChI=1S/C17H24O4/c1-10-6-13(21-11(2)20)15-14(12(10)7-18)17(5,9-19)8-16(15,3)4/h7,9-10,13,15H,6,8H2,1-5H3/t10-,13+,15-,17-/m1/s1. The molecule has 2 aliphatic rings. The molecular weight excluding hydrogens is 268 g/mol. The fourth-order valence-corrected chi connectivity index (χ4v) is 4.59. The van der Waals surface area contributed by atoms with Crippen LogP contribution >= 0.6 is 0 Å². The molecule has 0 spiro atoms. The predicted octanol–water partition coefficient (Wildman–Crippen LogP) is 2.70. The Kier molecular flexibility index (Phi) is 3.85. The first kappa shape index (κ1) is 15.9. The van der Waals surface area contributed by atoms with Crippen molar-refractivity contribution in [3.8, 4) is 0 Å². The van der Waals surface area contributed by atoms with Crippen LogP contribution in [0.3, 0.4) is 0 Å². The maximum Gasteiger partial charge on any atom is 0.302 e. The van der Waals surface area contributed by atoms with Crippen molar-refractivity contribution in [3.05, 3.63) is 11.1 Å². The van der Waals surface area contributed by atoms with Gasteiger partial charge in [0.05, 0.1) is 0 Å². The summed E-state index contributed by atoms with van der Waals surface area (Å²) in [6.07, 6.45) is 2.90. The van der Waals surface area contributed by atoms with Gasteiger partial charge in [0.15, 0.2) is 0 Å². The molecule has 0 aromatic rings. The predicted molar refractivity (Wildman–Crippen MR) is 78.5 cm³/mol. The fraction of sp³-hybridized carbons (Fsp3) is 0.706. The number of fused-ring (bicyclic) bond motifs is 1. The minimum absolute atomic E-state index is 0.00581. The van der Waals surface area contributed by atoms with E-state index in [0.29, 0.717) is 12.8 Å². The van der Waals surface area contributed by atoms with Crippen LogP contribution in [0.5, 0.6) is 0 Å². The van der Waals surface area contributed by atoms with Gasteiger partial charge in [-0.1, -0.05) is 20.8 Å². The SMILES string of the molecule is CC(=O)O[C@H]1C[C@@H](C)C(C=O)=C2[C@@H]1C(C)(C)C[C@]2(C)C=O. The van der Waals surface area contributed by atoms with E-state index in [0.717, 1.165) is 23.7 Å². The van der Waals surface area contributed by atoms with E-state index in [1.807, 2.05) is 13.8 Å². The monoisotopic (exact) mass is 292 g/mol. The van der Waals surface area contributed by atoms with Gasteiger partial charge in [0.25, 0.3) is 0 Å². The summed E-state index contributed by atoms with van der Waals surface area (Å²) in [5, 5.41) is 0. The normalized spacial score (nSPS) is 37.9. The number of carbonyl (C=O) groups excluding carboxylic acids is 3. The average molecular weight is 292 g/mol. The Morgan fingerprint density at radius 1 is 1.29 bits per heavy atom. The van der Waals surface area contributed by atoms with Gasteiger partial charge in [0.2, 0.25) is 0 Å². The van der Waals surface area contributed by atoms with E-state index < -0.39 is 5.41 Å². The van der Waals surface area contributed by atoms with Crippen LogP contribution in [0.2, 0.25) is 0 Å². The Balaban J connectivity index is 2.62. The van der Waals surface area contributed by atoms with Gasteiger partial charge in [-0.05, 0) is 42.2 Å². The van der Waals surface area contributed by atoms with Gasteiger partial charge in [0, 0.05) is 18.3 Å². The molecule has 4 heteroatoms. The van der Waals surface area contributed by atoms with Crippen molar-refractivity contribution in [1.82, 2.24) is 0 Å². The summed E-state index contributed by atoms with van der Waals surface area (Å²) in [4.78, 5) is 34.7. The molecule has 0 heterocycles. The summed E-state index contributed by atoms with van der Waals surface area (Å²) in [5.74, 6) is -0.365. The third kappa shape index (κ3) is 2.45. The number of carbonyl (C=O) groups is 3. The summed E-state index contributed by atoms with van der Waals surface area (Å²) < 4.78 is 5.54. The van der Waals surface area contributed by atoms with Crippen molar-refractivity contribution in [2.45, 2.75) is 53.6 Å². The highest BCUT2D eigenvalue weighted by atomic mass is 16.5. The number of hydrogen-bond acceptors (Lipinski definition) is 4. The highest BCUT2D eigenvalue weighted by Crippen LogP contribution is 2.61. The number of rotatable bonds is 3. The number of hydrogen-bond donors (Lipinski definition) is 0. The first-order valence-electron chi connectivity index (χ1n) is 7.49. The van der Waals surface area contributed by atoms with Crippen molar-refractivity contribution in [1.29, 1.82) is 0 Å². The van der Waals surface area contributed by atoms with E-state index >= 15 is 0 Å². The Bertz CT molecular complexity index is 517. The lowest BCUT2D eigenvalue weighted by atomic mass is 9.68. The van der Waals surface area contributed by atoms with Crippen LogP contribution in [0.4, 0.5) is 0 Å². The van der Waals surface area contributed by atoms with E-state index in [1.165, 1.54) is 6.92 Å². The van der Waals surface area contributed by atoms with Crippen LogP contribution in [-0.4, -0.2) is 24.6 Å². The molecule has 0 aliphatic heterocycles. The Morgan fingerprint density at radius 3 is 2.38 bits per heavy atom. The molecule has 1 fully saturated rings. The third-order valence-corrected chi connectivity index (χ3v) is 5.10. The molecule has 0 saturated heterocycles. The molecule has 1 saturated carbocycles. The number of aldehydes is 2. The van der Waals surface area contributed by atoms with Gasteiger partial charge in [0.1, 0.15) is 18.7 Å². The summed E-state index contributed by atoms with van der Waals surface area (Å²) in [5.41, 5.74) is 0.794. The lowest BCUT2D eigenvalue weighted by Crippen LogP contribution is -2.40. The average Bonchev–Trinajstić information content (AvgIpc) is 2.57. The van der Waals surface area contributed by atoms with Gasteiger partial charge < -0.3 is 9.53 Å². The fourth-order valence-electron chi connectivity index (χ4n) is 4.59. The molecule has 2 rings (SSSR count). The highest BCUT2D eigenvalue weighted by Gasteiger charge is 2.57. The first-order chi connectivity index (χ1) is 9.66. The molecule has 2 aliphatic carbocycles. The second kappa shape index (κ2) is 5.08. The lowest BCUT2D eigenvalue weighted by molar-refractivity contribution is -0.151. The van der Waals surface area contributed by atoms with Crippen LogP contribution in [0.1, 0.15) is 47.5 Å². The van der Waals surface area contributed by atoms with E-state index in [2.05, 4.69) is 13.8 Å². The van der Waals surface area contributed by atoms with Crippen molar-refractivity contribution >= 4 is 18.5 Å². The molecule has 4 atom stereocenters. The molecule has 0 aromatic heterocycles. The minimum atomic E-state index is -0.641. The third-order valence-electron chi connectivity index (χ3n) is 5.10. The molecule has 0 radical (unpaired) electrons. The molecule has 0 aromatic carbocycles.